The van der Waals surface area contributed by atoms with Gasteiger partial charge in [-0.1, -0.05) is 173 Å². The Morgan fingerprint density at radius 2 is 1.15 bits per heavy atom. The van der Waals surface area contributed by atoms with Crippen LogP contribution in [0.5, 0.6) is 0 Å². The molecule has 52 heavy (non-hydrogen) atoms. The van der Waals surface area contributed by atoms with E-state index in [4.69, 9.17) is 5.73 Å². The topological polar surface area (TPSA) is 38.0 Å². The molecule has 9 rings (SSSR count). The van der Waals surface area contributed by atoms with Gasteiger partial charge in [0.25, 0.3) is 0 Å². The van der Waals surface area contributed by atoms with Crippen molar-refractivity contribution in [3.63, 3.8) is 0 Å². The fourth-order valence-electron chi connectivity index (χ4n) is 8.96. The van der Waals surface area contributed by atoms with E-state index in [1.165, 1.54) is 77.5 Å². The Balaban J connectivity index is 1.17. The number of nitrogens with one attached hydrogen (secondary N) is 1. The van der Waals surface area contributed by atoms with Crippen molar-refractivity contribution in [2.45, 2.75) is 50.7 Å². The first kappa shape index (κ1) is 32.4. The van der Waals surface area contributed by atoms with Crippen molar-refractivity contribution in [1.82, 2.24) is 5.32 Å². The van der Waals surface area contributed by atoms with Crippen molar-refractivity contribution in [3.05, 3.63) is 197 Å². The second-order valence-electron chi connectivity index (χ2n) is 15.5. The summed E-state index contributed by atoms with van der Waals surface area (Å²) >= 11 is 0. The molecule has 2 atom stereocenters. The van der Waals surface area contributed by atoms with Crippen molar-refractivity contribution in [3.8, 4) is 33.4 Å². The molecule has 2 nitrogen and oxygen atoms in total. The average molecular weight is 673 g/mol. The normalized spacial score (nSPS) is 15.9. The molecule has 0 aromatic heterocycles. The van der Waals surface area contributed by atoms with Crippen LogP contribution in [0.2, 0.25) is 0 Å². The average Bonchev–Trinajstić information content (AvgIpc) is 3.55. The van der Waals surface area contributed by atoms with E-state index in [1.807, 2.05) is 6.07 Å². The number of fused-ring (bicyclic) bond motifs is 7. The molecule has 3 N–H and O–H groups in total. The molecule has 2 unspecified atom stereocenters. The molecule has 254 valence electrons. The lowest BCUT2D eigenvalue weighted by atomic mass is 9.81. The highest BCUT2D eigenvalue weighted by Crippen LogP contribution is 2.52. The molecule has 2 aliphatic rings. The van der Waals surface area contributed by atoms with Gasteiger partial charge in [0.15, 0.2) is 0 Å². The van der Waals surface area contributed by atoms with Crippen LogP contribution >= 0.6 is 0 Å². The second-order valence-corrected chi connectivity index (χ2v) is 15.5. The third-order valence-corrected chi connectivity index (χ3v) is 11.8. The molecule has 7 aromatic carbocycles. The molecule has 0 aliphatic heterocycles. The maximum atomic E-state index is 6.94. The number of hydrogen-bond acceptors (Lipinski definition) is 2. The zero-order valence-electron chi connectivity index (χ0n) is 30.3. The Labute approximate surface area is 307 Å². The van der Waals surface area contributed by atoms with Crippen LogP contribution in [0.25, 0.3) is 50.2 Å². The SMILES string of the molecule is CC1(C)c2ccccc2-c2cc(-c3ccccc3C(/C=C/c3cccc4c3-c3cc5ccccc5cc3C4(C)C)NC(N)c3ccccc3)ccc21. The van der Waals surface area contributed by atoms with Gasteiger partial charge in [-0.25, -0.2) is 0 Å². The lowest BCUT2D eigenvalue weighted by molar-refractivity contribution is 0.510. The molecule has 0 spiro atoms. The van der Waals surface area contributed by atoms with Gasteiger partial charge >= 0.3 is 0 Å². The first-order chi connectivity index (χ1) is 25.2. The molecule has 0 bridgehead atoms. The molecule has 0 radical (unpaired) electrons. The Hall–Kier alpha value is -5.54. The van der Waals surface area contributed by atoms with E-state index in [0.717, 1.165) is 5.56 Å². The lowest BCUT2D eigenvalue weighted by Gasteiger charge is -2.25. The quantitative estimate of drug-likeness (QED) is 0.165. The third kappa shape index (κ3) is 5.17. The second kappa shape index (κ2) is 12.3. The minimum absolute atomic E-state index is 0.0331. The summed E-state index contributed by atoms with van der Waals surface area (Å²) in [6.07, 6.45) is 4.27. The number of hydrogen-bond donors (Lipinski definition) is 2. The summed E-state index contributed by atoms with van der Waals surface area (Å²) in [6, 6.07) is 55.1. The van der Waals surface area contributed by atoms with Crippen molar-refractivity contribution in [1.29, 1.82) is 0 Å². The summed E-state index contributed by atoms with van der Waals surface area (Å²) in [5.74, 6) is 0. The summed E-state index contributed by atoms with van der Waals surface area (Å²) in [4.78, 5) is 0. The molecular formula is C50H44N2. The number of rotatable bonds is 7. The summed E-state index contributed by atoms with van der Waals surface area (Å²) in [7, 11) is 0. The van der Waals surface area contributed by atoms with Gasteiger partial charge in [-0.2, -0.15) is 0 Å². The third-order valence-electron chi connectivity index (χ3n) is 11.8. The lowest BCUT2D eigenvalue weighted by Crippen LogP contribution is -2.31. The fraction of sp³-hybridized carbons (Fsp3) is 0.160. The monoisotopic (exact) mass is 672 g/mol. The van der Waals surface area contributed by atoms with E-state index in [9.17, 15) is 0 Å². The minimum Gasteiger partial charge on any atom is -0.312 e. The number of benzene rings is 7. The van der Waals surface area contributed by atoms with E-state index in [0.29, 0.717) is 0 Å². The maximum Gasteiger partial charge on any atom is 0.0817 e. The minimum atomic E-state index is -0.357. The largest absolute Gasteiger partial charge is 0.312 e. The molecule has 0 amide bonds. The van der Waals surface area contributed by atoms with Crippen molar-refractivity contribution in [2.75, 3.05) is 0 Å². The zero-order valence-corrected chi connectivity index (χ0v) is 30.3. The van der Waals surface area contributed by atoms with Gasteiger partial charge < -0.3 is 5.73 Å². The summed E-state index contributed by atoms with van der Waals surface area (Å²) in [5, 5.41) is 6.38. The van der Waals surface area contributed by atoms with Crippen LogP contribution in [0.4, 0.5) is 0 Å². The van der Waals surface area contributed by atoms with Crippen LogP contribution in [0, 0.1) is 0 Å². The predicted octanol–water partition coefficient (Wildman–Crippen LogP) is 12.1. The van der Waals surface area contributed by atoms with Crippen molar-refractivity contribution in [2.24, 2.45) is 5.73 Å². The van der Waals surface area contributed by atoms with Crippen molar-refractivity contribution < 1.29 is 0 Å². The first-order valence-electron chi connectivity index (χ1n) is 18.5. The van der Waals surface area contributed by atoms with Crippen LogP contribution < -0.4 is 11.1 Å². The standard InChI is InChI=1S/C50H44N2/c1-49(2)42-23-13-12-21-38(42)40-30-36(25-27-43(40)49)37-20-10-11-22-39(37)46(52-48(51)33-15-6-5-7-16-33)28-26-32-19-14-24-44-47(32)41-29-34-17-8-9-18-35(34)31-45(41)50(44,3)4/h5-31,46,48,52H,51H2,1-4H3/b28-26+. The highest BCUT2D eigenvalue weighted by atomic mass is 15.0. The van der Waals surface area contributed by atoms with E-state index in [-0.39, 0.29) is 23.0 Å². The molecule has 2 heteroatoms. The van der Waals surface area contributed by atoms with Gasteiger partial charge in [-0.15, -0.1) is 0 Å². The Bertz CT molecular complexity index is 2520. The van der Waals surface area contributed by atoms with Gasteiger partial charge in [0.1, 0.15) is 0 Å². The molecule has 0 fully saturated rings. The molecule has 2 aliphatic carbocycles. The van der Waals surface area contributed by atoms with Gasteiger partial charge in [0, 0.05) is 10.8 Å². The first-order valence-corrected chi connectivity index (χ1v) is 18.5. The van der Waals surface area contributed by atoms with Crippen LogP contribution in [0.3, 0.4) is 0 Å². The number of nitrogens with two attached hydrogens (primary N) is 1. The predicted molar refractivity (Wildman–Crippen MR) is 219 cm³/mol. The highest BCUT2D eigenvalue weighted by Gasteiger charge is 2.37. The molecule has 0 saturated heterocycles. The smallest absolute Gasteiger partial charge is 0.0817 e. The Morgan fingerprint density at radius 3 is 1.96 bits per heavy atom. The van der Waals surface area contributed by atoms with Crippen molar-refractivity contribution >= 4 is 16.8 Å². The van der Waals surface area contributed by atoms with Crippen LogP contribution in [-0.4, -0.2) is 0 Å². The fourth-order valence-corrected chi connectivity index (χ4v) is 8.96. The van der Waals surface area contributed by atoms with E-state index < -0.39 is 0 Å². The van der Waals surface area contributed by atoms with E-state index in [2.05, 4.69) is 191 Å². The molecule has 0 saturated carbocycles. The molecular weight excluding hydrogens is 629 g/mol. The van der Waals surface area contributed by atoms with E-state index in [1.54, 1.807) is 0 Å². The molecule has 0 heterocycles. The van der Waals surface area contributed by atoms with E-state index >= 15 is 0 Å². The summed E-state index contributed by atoms with van der Waals surface area (Å²) in [5.41, 5.74) is 23.5. The van der Waals surface area contributed by atoms with Gasteiger partial charge in [0.2, 0.25) is 0 Å². The maximum absolute atomic E-state index is 6.94. The van der Waals surface area contributed by atoms with Crippen LogP contribution in [0.15, 0.2) is 158 Å². The van der Waals surface area contributed by atoms with Gasteiger partial charge in [0.05, 0.1) is 12.2 Å². The highest BCUT2D eigenvalue weighted by molar-refractivity contribution is 5.96. The summed E-state index contributed by atoms with van der Waals surface area (Å²) < 4.78 is 0. The van der Waals surface area contributed by atoms with Crippen LogP contribution in [-0.2, 0) is 10.8 Å². The Morgan fingerprint density at radius 1 is 0.519 bits per heavy atom. The van der Waals surface area contributed by atoms with Gasteiger partial charge in [-0.05, 0) is 101 Å². The summed E-state index contributed by atoms with van der Waals surface area (Å²) in [6.45, 7) is 9.39. The van der Waals surface area contributed by atoms with Gasteiger partial charge in [-0.3, -0.25) is 5.32 Å². The Kier molecular flexibility index (Phi) is 7.66. The van der Waals surface area contributed by atoms with Crippen LogP contribution in [0.1, 0.15) is 78.8 Å². The zero-order chi connectivity index (χ0) is 35.6. The molecule has 7 aromatic rings.